The van der Waals surface area contributed by atoms with Gasteiger partial charge in [0.2, 0.25) is 5.91 Å². The number of halogens is 1. The Morgan fingerprint density at radius 3 is 2.20 bits per heavy atom. The SMILES string of the molecule is CN=C(NCCNC(=O)C(C)(C)C)NC1CC2CCCC(C1)N2C.I. The molecule has 2 bridgehead atoms. The monoisotopic (exact) mass is 465 g/mol. The highest BCUT2D eigenvalue weighted by atomic mass is 127. The zero-order valence-electron chi connectivity index (χ0n) is 16.4. The molecule has 2 fully saturated rings. The summed E-state index contributed by atoms with van der Waals surface area (Å²) in [5.41, 5.74) is -0.341. The van der Waals surface area contributed by atoms with Crippen LogP contribution in [0.1, 0.15) is 52.9 Å². The molecule has 0 radical (unpaired) electrons. The van der Waals surface area contributed by atoms with Gasteiger partial charge in [-0.05, 0) is 32.7 Å². The third-order valence-electron chi connectivity index (χ3n) is 5.29. The molecular weight excluding hydrogens is 429 g/mol. The van der Waals surface area contributed by atoms with E-state index < -0.39 is 0 Å². The van der Waals surface area contributed by atoms with E-state index in [1.165, 1.54) is 32.1 Å². The van der Waals surface area contributed by atoms with E-state index in [1.54, 1.807) is 7.05 Å². The summed E-state index contributed by atoms with van der Waals surface area (Å²) in [6, 6.07) is 1.91. The number of rotatable bonds is 4. The van der Waals surface area contributed by atoms with Crippen molar-refractivity contribution in [2.75, 3.05) is 27.2 Å². The van der Waals surface area contributed by atoms with Crippen LogP contribution in [0.15, 0.2) is 4.99 Å². The quantitative estimate of drug-likeness (QED) is 0.257. The fourth-order valence-corrected chi connectivity index (χ4v) is 3.74. The summed E-state index contributed by atoms with van der Waals surface area (Å²) >= 11 is 0. The zero-order chi connectivity index (χ0) is 17.7. The molecule has 3 N–H and O–H groups in total. The highest BCUT2D eigenvalue weighted by Gasteiger charge is 2.36. The van der Waals surface area contributed by atoms with Crippen molar-refractivity contribution in [2.24, 2.45) is 10.4 Å². The first-order chi connectivity index (χ1) is 11.3. The molecule has 25 heavy (non-hydrogen) atoms. The number of nitrogens with one attached hydrogen (secondary N) is 3. The van der Waals surface area contributed by atoms with Crippen LogP contribution in [0, 0.1) is 5.41 Å². The fraction of sp³-hybridized carbons (Fsp3) is 0.889. The van der Waals surface area contributed by atoms with Gasteiger partial charge in [-0.1, -0.05) is 27.2 Å². The maximum Gasteiger partial charge on any atom is 0.225 e. The summed E-state index contributed by atoms with van der Waals surface area (Å²) in [4.78, 5) is 18.7. The second-order valence-corrected chi connectivity index (χ2v) is 8.22. The van der Waals surface area contributed by atoms with Gasteiger partial charge in [0.25, 0.3) is 0 Å². The van der Waals surface area contributed by atoms with Crippen molar-refractivity contribution in [2.45, 2.75) is 71.0 Å². The van der Waals surface area contributed by atoms with E-state index >= 15 is 0 Å². The van der Waals surface area contributed by atoms with Crippen LogP contribution < -0.4 is 16.0 Å². The van der Waals surface area contributed by atoms with E-state index in [1.807, 2.05) is 20.8 Å². The zero-order valence-corrected chi connectivity index (χ0v) is 18.7. The smallest absolute Gasteiger partial charge is 0.225 e. The largest absolute Gasteiger partial charge is 0.355 e. The Hall–Kier alpha value is -0.570. The topological polar surface area (TPSA) is 68.8 Å². The van der Waals surface area contributed by atoms with Crippen LogP contribution in [0.25, 0.3) is 0 Å². The molecule has 0 aliphatic carbocycles. The van der Waals surface area contributed by atoms with Gasteiger partial charge in [-0.25, -0.2) is 0 Å². The summed E-state index contributed by atoms with van der Waals surface area (Å²) in [5.74, 6) is 0.919. The summed E-state index contributed by atoms with van der Waals surface area (Å²) in [7, 11) is 4.08. The predicted octanol–water partition coefficient (Wildman–Crippen LogP) is 1.95. The lowest BCUT2D eigenvalue weighted by Crippen LogP contribution is -2.57. The van der Waals surface area contributed by atoms with Crippen molar-refractivity contribution in [1.82, 2.24) is 20.9 Å². The lowest BCUT2D eigenvalue weighted by molar-refractivity contribution is -0.128. The van der Waals surface area contributed by atoms with Gasteiger partial charge in [0.15, 0.2) is 5.96 Å². The van der Waals surface area contributed by atoms with Crippen LogP contribution in [0.5, 0.6) is 0 Å². The van der Waals surface area contributed by atoms with E-state index in [-0.39, 0.29) is 35.3 Å². The Morgan fingerprint density at radius 1 is 1.12 bits per heavy atom. The summed E-state index contributed by atoms with van der Waals surface area (Å²) in [6.07, 6.45) is 6.38. The number of piperidine rings is 2. The third kappa shape index (κ3) is 6.58. The van der Waals surface area contributed by atoms with E-state index in [0.717, 1.165) is 5.96 Å². The van der Waals surface area contributed by atoms with Crippen LogP contribution in [0.2, 0.25) is 0 Å². The number of nitrogens with zero attached hydrogens (tertiary/aromatic N) is 2. The first-order valence-electron chi connectivity index (χ1n) is 9.28. The molecule has 0 aromatic heterocycles. The van der Waals surface area contributed by atoms with Gasteiger partial charge in [-0.15, -0.1) is 24.0 Å². The number of hydrogen-bond acceptors (Lipinski definition) is 3. The normalized spacial score (nSPS) is 27.2. The molecule has 2 atom stereocenters. The van der Waals surface area contributed by atoms with Crippen LogP contribution >= 0.6 is 24.0 Å². The molecular formula is C18H36IN5O. The van der Waals surface area contributed by atoms with Crippen LogP contribution in [0.4, 0.5) is 0 Å². The molecule has 0 spiro atoms. The van der Waals surface area contributed by atoms with Gasteiger partial charge in [-0.3, -0.25) is 9.79 Å². The molecule has 2 rings (SSSR count). The Balaban J connectivity index is 0.00000312. The standard InChI is InChI=1S/C18H35N5O.HI/c1-18(2,3)16(24)20-9-10-21-17(19-4)22-13-11-14-7-6-8-15(12-13)23(14)5;/h13-15H,6-12H2,1-5H3,(H,20,24)(H2,19,21,22);1H. The molecule has 1 amide bonds. The van der Waals surface area contributed by atoms with Gasteiger partial charge in [0.05, 0.1) is 0 Å². The van der Waals surface area contributed by atoms with Crippen molar-refractivity contribution in [3.63, 3.8) is 0 Å². The average molecular weight is 465 g/mol. The Bertz CT molecular complexity index is 449. The van der Waals surface area contributed by atoms with Gasteiger partial charge in [0.1, 0.15) is 0 Å². The van der Waals surface area contributed by atoms with E-state index in [2.05, 4.69) is 32.9 Å². The first kappa shape index (κ1) is 22.5. The van der Waals surface area contributed by atoms with Crippen molar-refractivity contribution in [1.29, 1.82) is 0 Å². The van der Waals surface area contributed by atoms with Gasteiger partial charge < -0.3 is 20.9 Å². The van der Waals surface area contributed by atoms with Gasteiger partial charge in [-0.2, -0.15) is 0 Å². The second kappa shape index (κ2) is 9.94. The number of carbonyl (C=O) groups is 1. The van der Waals surface area contributed by atoms with Gasteiger partial charge in [0, 0.05) is 43.7 Å². The maximum atomic E-state index is 11.8. The van der Waals surface area contributed by atoms with Gasteiger partial charge >= 0.3 is 0 Å². The number of hydrogen-bond donors (Lipinski definition) is 3. The van der Waals surface area contributed by atoms with Crippen molar-refractivity contribution in [3.8, 4) is 0 Å². The molecule has 2 aliphatic heterocycles. The Kier molecular flexibility index (Phi) is 8.94. The molecule has 6 nitrogen and oxygen atoms in total. The molecule has 7 heteroatoms. The summed E-state index contributed by atoms with van der Waals surface area (Å²) in [6.45, 7) is 7.06. The van der Waals surface area contributed by atoms with Crippen molar-refractivity contribution >= 4 is 35.8 Å². The molecule has 2 heterocycles. The predicted molar refractivity (Wildman–Crippen MR) is 115 cm³/mol. The Morgan fingerprint density at radius 2 is 1.68 bits per heavy atom. The number of carbonyl (C=O) groups excluding carboxylic acids is 1. The van der Waals surface area contributed by atoms with E-state index in [0.29, 0.717) is 31.2 Å². The molecule has 0 aromatic rings. The molecule has 0 aromatic carbocycles. The molecule has 2 unspecified atom stereocenters. The lowest BCUT2D eigenvalue weighted by atomic mass is 9.82. The van der Waals surface area contributed by atoms with Crippen LogP contribution in [-0.4, -0.2) is 62.1 Å². The number of guanidine groups is 1. The molecule has 2 saturated heterocycles. The highest BCUT2D eigenvalue weighted by molar-refractivity contribution is 14.0. The number of amides is 1. The molecule has 2 aliphatic rings. The summed E-state index contributed by atoms with van der Waals surface area (Å²) in [5, 5.41) is 9.84. The van der Waals surface area contributed by atoms with Crippen molar-refractivity contribution < 1.29 is 4.79 Å². The minimum Gasteiger partial charge on any atom is -0.355 e. The minimum atomic E-state index is -0.341. The van der Waals surface area contributed by atoms with Crippen LogP contribution in [-0.2, 0) is 4.79 Å². The second-order valence-electron chi connectivity index (χ2n) is 8.22. The maximum absolute atomic E-state index is 11.8. The minimum absolute atomic E-state index is 0. The summed E-state index contributed by atoms with van der Waals surface area (Å²) < 4.78 is 0. The fourth-order valence-electron chi connectivity index (χ4n) is 3.74. The average Bonchev–Trinajstić information content (AvgIpc) is 2.49. The van der Waals surface area contributed by atoms with E-state index in [9.17, 15) is 4.79 Å². The van der Waals surface area contributed by atoms with E-state index in [4.69, 9.17) is 0 Å². The highest BCUT2D eigenvalue weighted by Crippen LogP contribution is 2.32. The number of aliphatic imine (C=N–C) groups is 1. The molecule has 0 saturated carbocycles. The lowest BCUT2D eigenvalue weighted by Gasteiger charge is -2.47. The molecule has 146 valence electrons. The van der Waals surface area contributed by atoms with Crippen LogP contribution in [0.3, 0.4) is 0 Å². The Labute approximate surface area is 170 Å². The first-order valence-corrected chi connectivity index (χ1v) is 9.28. The number of fused-ring (bicyclic) bond motifs is 2. The van der Waals surface area contributed by atoms with Crippen molar-refractivity contribution in [3.05, 3.63) is 0 Å². The third-order valence-corrected chi connectivity index (χ3v) is 5.29.